The van der Waals surface area contributed by atoms with Crippen LogP contribution in [0.25, 0.3) is 0 Å². The van der Waals surface area contributed by atoms with Crippen LogP contribution in [-0.2, 0) is 0 Å². The van der Waals surface area contributed by atoms with Crippen molar-refractivity contribution < 1.29 is 4.39 Å². The number of rotatable bonds is 8. The van der Waals surface area contributed by atoms with Crippen molar-refractivity contribution in [2.24, 2.45) is 0 Å². The molecule has 1 rings (SSSR count). The molecule has 102 valence electrons. The fourth-order valence-corrected chi connectivity index (χ4v) is 2.19. The van der Waals surface area contributed by atoms with Crippen molar-refractivity contribution in [3.63, 3.8) is 0 Å². The van der Waals surface area contributed by atoms with Gasteiger partial charge >= 0.3 is 0 Å². The summed E-state index contributed by atoms with van der Waals surface area (Å²) in [5, 5.41) is 3.57. The molecule has 0 fully saturated rings. The van der Waals surface area contributed by atoms with Crippen molar-refractivity contribution in [3.05, 3.63) is 35.1 Å². The van der Waals surface area contributed by atoms with Gasteiger partial charge in [0.1, 0.15) is 5.82 Å². The van der Waals surface area contributed by atoms with Crippen LogP contribution in [0.3, 0.4) is 0 Å². The topological polar surface area (TPSA) is 12.0 Å². The molecule has 0 aromatic heterocycles. The lowest BCUT2D eigenvalue weighted by atomic mass is 9.98. The summed E-state index contributed by atoms with van der Waals surface area (Å²) in [4.78, 5) is 0. The van der Waals surface area contributed by atoms with Crippen LogP contribution in [0.4, 0.5) is 4.39 Å². The summed E-state index contributed by atoms with van der Waals surface area (Å²) in [7, 11) is 0. The summed E-state index contributed by atoms with van der Waals surface area (Å²) in [5.74, 6) is -0.110. The van der Waals surface area contributed by atoms with Crippen LogP contribution in [0.15, 0.2) is 18.2 Å². The van der Waals surface area contributed by atoms with Crippen LogP contribution in [0, 0.1) is 12.7 Å². The summed E-state index contributed by atoms with van der Waals surface area (Å²) in [5.41, 5.74) is 1.96. The number of hydrogen-bond donors (Lipinski definition) is 1. The number of aryl methyl sites for hydroxylation is 1. The molecular weight excluding hydrogens is 225 g/mol. The standard InChI is InChI=1S/C16H26FN/c1-4-6-7-8-16(18-11-5-2)14-9-10-15(17)13(3)12-14/h9-10,12,16,18H,4-8,11H2,1-3H3. The van der Waals surface area contributed by atoms with Gasteiger partial charge in [0.25, 0.3) is 0 Å². The van der Waals surface area contributed by atoms with Gasteiger partial charge in [-0.15, -0.1) is 0 Å². The van der Waals surface area contributed by atoms with Crippen molar-refractivity contribution in [2.75, 3.05) is 6.54 Å². The predicted molar refractivity (Wildman–Crippen MR) is 76.3 cm³/mol. The monoisotopic (exact) mass is 251 g/mol. The van der Waals surface area contributed by atoms with E-state index >= 15 is 0 Å². The lowest BCUT2D eigenvalue weighted by molar-refractivity contribution is 0.473. The number of halogens is 1. The maximum Gasteiger partial charge on any atom is 0.126 e. The van der Waals surface area contributed by atoms with Crippen molar-refractivity contribution in [1.29, 1.82) is 0 Å². The zero-order valence-corrected chi connectivity index (χ0v) is 11.9. The van der Waals surface area contributed by atoms with Crippen LogP contribution in [-0.4, -0.2) is 6.54 Å². The number of nitrogens with one attached hydrogen (secondary N) is 1. The molecule has 1 unspecified atom stereocenters. The van der Waals surface area contributed by atoms with E-state index in [9.17, 15) is 4.39 Å². The van der Waals surface area contributed by atoms with Gasteiger partial charge in [-0.05, 0) is 43.5 Å². The normalized spacial score (nSPS) is 12.7. The van der Waals surface area contributed by atoms with Gasteiger partial charge in [-0.1, -0.05) is 45.2 Å². The Bertz CT molecular complexity index is 349. The molecule has 0 aliphatic rings. The van der Waals surface area contributed by atoms with Crippen molar-refractivity contribution >= 4 is 0 Å². The SMILES string of the molecule is CCCCCC(NCCC)c1ccc(F)c(C)c1. The molecule has 1 aromatic rings. The average molecular weight is 251 g/mol. The lowest BCUT2D eigenvalue weighted by Gasteiger charge is -2.19. The summed E-state index contributed by atoms with van der Waals surface area (Å²) in [6.07, 6.45) is 6.01. The van der Waals surface area contributed by atoms with Gasteiger partial charge < -0.3 is 5.32 Å². The van der Waals surface area contributed by atoms with Crippen LogP contribution >= 0.6 is 0 Å². The van der Waals surface area contributed by atoms with E-state index in [1.54, 1.807) is 6.07 Å². The molecule has 0 aliphatic carbocycles. The number of unbranched alkanes of at least 4 members (excludes halogenated alkanes) is 2. The van der Waals surface area contributed by atoms with Crippen molar-refractivity contribution in [3.8, 4) is 0 Å². The summed E-state index contributed by atoms with van der Waals surface area (Å²) < 4.78 is 13.3. The molecule has 1 N–H and O–H groups in total. The molecule has 2 heteroatoms. The van der Waals surface area contributed by atoms with E-state index in [1.165, 1.54) is 24.8 Å². The highest BCUT2D eigenvalue weighted by atomic mass is 19.1. The van der Waals surface area contributed by atoms with E-state index in [4.69, 9.17) is 0 Å². The van der Waals surface area contributed by atoms with Gasteiger partial charge in [0, 0.05) is 6.04 Å². The highest BCUT2D eigenvalue weighted by Crippen LogP contribution is 2.22. The van der Waals surface area contributed by atoms with Crippen LogP contribution in [0.1, 0.15) is 63.1 Å². The number of hydrogen-bond acceptors (Lipinski definition) is 1. The van der Waals surface area contributed by atoms with Gasteiger partial charge in [-0.25, -0.2) is 4.39 Å². The molecule has 1 aromatic carbocycles. The average Bonchev–Trinajstić information content (AvgIpc) is 2.37. The Morgan fingerprint density at radius 1 is 1.17 bits per heavy atom. The molecule has 0 spiro atoms. The summed E-state index contributed by atoms with van der Waals surface area (Å²) >= 11 is 0. The third-order valence-electron chi connectivity index (χ3n) is 3.32. The minimum Gasteiger partial charge on any atom is -0.310 e. The van der Waals surface area contributed by atoms with Gasteiger partial charge in [-0.3, -0.25) is 0 Å². The Hall–Kier alpha value is -0.890. The summed E-state index contributed by atoms with van der Waals surface area (Å²) in [6.45, 7) is 7.25. The molecule has 18 heavy (non-hydrogen) atoms. The molecule has 1 nitrogen and oxygen atoms in total. The highest BCUT2D eigenvalue weighted by molar-refractivity contribution is 5.26. The second-order valence-corrected chi connectivity index (χ2v) is 5.01. The fourth-order valence-electron chi connectivity index (χ4n) is 2.19. The zero-order valence-electron chi connectivity index (χ0n) is 11.9. The first kappa shape index (κ1) is 15.2. The molecule has 1 atom stereocenters. The Kier molecular flexibility index (Phi) is 6.96. The maximum absolute atomic E-state index is 13.3. The van der Waals surface area contributed by atoms with E-state index in [0.717, 1.165) is 24.9 Å². The van der Waals surface area contributed by atoms with Crippen molar-refractivity contribution in [1.82, 2.24) is 5.32 Å². The lowest BCUT2D eigenvalue weighted by Crippen LogP contribution is -2.22. The second kappa shape index (κ2) is 8.25. The largest absolute Gasteiger partial charge is 0.310 e. The first-order valence-corrected chi connectivity index (χ1v) is 7.18. The molecule has 0 heterocycles. The molecule has 0 amide bonds. The molecule has 0 saturated heterocycles. The van der Waals surface area contributed by atoms with Gasteiger partial charge in [0.05, 0.1) is 0 Å². The zero-order chi connectivity index (χ0) is 13.4. The minimum absolute atomic E-state index is 0.110. The van der Waals surface area contributed by atoms with E-state index in [0.29, 0.717) is 6.04 Å². The fraction of sp³-hybridized carbons (Fsp3) is 0.625. The van der Waals surface area contributed by atoms with Crippen LogP contribution in [0.5, 0.6) is 0 Å². The first-order chi connectivity index (χ1) is 8.69. The van der Waals surface area contributed by atoms with Crippen molar-refractivity contribution in [2.45, 2.75) is 58.9 Å². The Labute approximate surface area is 111 Å². The maximum atomic E-state index is 13.3. The first-order valence-electron chi connectivity index (χ1n) is 7.18. The van der Waals surface area contributed by atoms with E-state index in [1.807, 2.05) is 19.1 Å². The number of benzene rings is 1. The quantitative estimate of drug-likeness (QED) is 0.657. The molecule has 0 radical (unpaired) electrons. The van der Waals surface area contributed by atoms with E-state index in [2.05, 4.69) is 19.2 Å². The molecule has 0 saturated carbocycles. The third-order valence-corrected chi connectivity index (χ3v) is 3.32. The Morgan fingerprint density at radius 2 is 1.94 bits per heavy atom. The summed E-state index contributed by atoms with van der Waals surface area (Å²) in [6, 6.07) is 5.86. The second-order valence-electron chi connectivity index (χ2n) is 5.01. The van der Waals surface area contributed by atoms with E-state index < -0.39 is 0 Å². The Balaban J connectivity index is 2.70. The van der Waals surface area contributed by atoms with E-state index in [-0.39, 0.29) is 5.82 Å². The molecule has 0 bridgehead atoms. The smallest absolute Gasteiger partial charge is 0.126 e. The Morgan fingerprint density at radius 3 is 2.56 bits per heavy atom. The third kappa shape index (κ3) is 4.77. The van der Waals surface area contributed by atoms with Gasteiger partial charge in [-0.2, -0.15) is 0 Å². The van der Waals surface area contributed by atoms with Gasteiger partial charge in [0.2, 0.25) is 0 Å². The predicted octanol–water partition coefficient (Wildman–Crippen LogP) is 4.76. The minimum atomic E-state index is -0.110. The molecule has 0 aliphatic heterocycles. The van der Waals surface area contributed by atoms with Gasteiger partial charge in [0.15, 0.2) is 0 Å². The van der Waals surface area contributed by atoms with Crippen LogP contribution < -0.4 is 5.32 Å². The molecular formula is C16H26FN. The van der Waals surface area contributed by atoms with Crippen LogP contribution in [0.2, 0.25) is 0 Å². The highest BCUT2D eigenvalue weighted by Gasteiger charge is 2.11.